The number of fused-ring (bicyclic) bond motifs is 12. The number of nitrogens with zero attached hydrogens (tertiary/aromatic N) is 6. The van der Waals surface area contributed by atoms with Crippen LogP contribution >= 0.6 is 0 Å². The van der Waals surface area contributed by atoms with Gasteiger partial charge in [-0.2, -0.15) is 5.26 Å². The first-order chi connectivity index (χ1) is 32.7. The molecule has 3 heterocycles. The van der Waals surface area contributed by atoms with Crippen LogP contribution in [-0.4, -0.2) is 13.7 Å². The van der Waals surface area contributed by atoms with E-state index >= 15 is 0 Å². The molecule has 0 N–H and O–H groups in total. The average molecular weight is 841 g/mol. The molecule has 0 aliphatic carbocycles. The molecule has 6 nitrogen and oxygen atoms in total. The molecule has 0 aliphatic heterocycles. The Balaban J connectivity index is 1.10. The molecular weight excluding hydrogens is 805 g/mol. The number of anilines is 3. The van der Waals surface area contributed by atoms with Gasteiger partial charge in [0, 0.05) is 55.1 Å². The molecule has 0 bridgehead atoms. The van der Waals surface area contributed by atoms with E-state index < -0.39 is 0 Å². The smallest absolute Gasteiger partial charge is 0.212 e. The van der Waals surface area contributed by atoms with Gasteiger partial charge in [-0.1, -0.05) is 127 Å². The van der Waals surface area contributed by atoms with Crippen molar-refractivity contribution < 1.29 is 0 Å². The van der Waals surface area contributed by atoms with Crippen molar-refractivity contribution in [2.45, 2.75) is 0 Å². The van der Waals surface area contributed by atoms with Gasteiger partial charge in [-0.3, -0.25) is 0 Å². The Morgan fingerprint density at radius 3 is 1.70 bits per heavy atom. The second-order valence-corrected chi connectivity index (χ2v) is 16.7. The molecule has 10 aromatic carbocycles. The predicted octanol–water partition coefficient (Wildman–Crippen LogP) is 16.0. The van der Waals surface area contributed by atoms with Crippen LogP contribution in [0.2, 0.25) is 0 Å². The summed E-state index contributed by atoms with van der Waals surface area (Å²) >= 11 is 0. The van der Waals surface area contributed by atoms with E-state index in [0.29, 0.717) is 22.6 Å². The fourth-order valence-electron chi connectivity index (χ4n) is 10.5. The third kappa shape index (κ3) is 5.40. The summed E-state index contributed by atoms with van der Waals surface area (Å²) in [5.41, 5.74) is 12.4. The second-order valence-electron chi connectivity index (χ2n) is 16.7. The Kier molecular flexibility index (Phi) is 8.24. The van der Waals surface area contributed by atoms with Crippen LogP contribution in [0.3, 0.4) is 0 Å². The van der Waals surface area contributed by atoms with Crippen molar-refractivity contribution in [1.82, 2.24) is 13.7 Å². The molecule has 0 unspecified atom stereocenters. The van der Waals surface area contributed by atoms with Gasteiger partial charge in [0.25, 0.3) is 0 Å². The van der Waals surface area contributed by atoms with Gasteiger partial charge in [-0.25, -0.2) is 4.85 Å². The summed E-state index contributed by atoms with van der Waals surface area (Å²) in [6.45, 7) is 8.85. The second kappa shape index (κ2) is 14.6. The van der Waals surface area contributed by atoms with Crippen LogP contribution < -0.4 is 4.90 Å². The standard InChI is InChI=1S/C60H36N6/c1-62-50-37-56(65-53-33-30-44(63(41-18-5-2-6-19-41)42-20-7-3-8-21-42)36-49(53)58-45-24-12-11-17-39(45)29-32-54(58)65)40(38-61)35-57(50)66-51-27-15-13-25-46(51)47-31-34-55-59(60(47)66)48-26-14-16-28-52(48)64(55)43-22-9-4-10-23-43/h2-37H. The highest BCUT2D eigenvalue weighted by Crippen LogP contribution is 2.46. The molecule has 3 aromatic heterocycles. The number of nitriles is 1. The summed E-state index contributed by atoms with van der Waals surface area (Å²) in [6, 6.07) is 78.5. The number of hydrogen-bond donors (Lipinski definition) is 0. The minimum Gasteiger partial charge on any atom is -0.318 e. The van der Waals surface area contributed by atoms with Gasteiger partial charge in [0.05, 0.1) is 56.6 Å². The highest BCUT2D eigenvalue weighted by atomic mass is 15.1. The van der Waals surface area contributed by atoms with Gasteiger partial charge in [0.1, 0.15) is 6.07 Å². The third-order valence-electron chi connectivity index (χ3n) is 13.2. The molecule has 0 radical (unpaired) electrons. The summed E-state index contributed by atoms with van der Waals surface area (Å²) in [7, 11) is 0. The molecule has 306 valence electrons. The van der Waals surface area contributed by atoms with Crippen LogP contribution in [-0.2, 0) is 0 Å². The van der Waals surface area contributed by atoms with Crippen LogP contribution in [0.15, 0.2) is 218 Å². The molecule has 0 amide bonds. The van der Waals surface area contributed by atoms with Crippen LogP contribution in [0, 0.1) is 17.9 Å². The number of para-hydroxylation sites is 5. The number of hydrogen-bond acceptors (Lipinski definition) is 2. The van der Waals surface area contributed by atoms with Crippen LogP contribution in [0.5, 0.6) is 0 Å². The van der Waals surface area contributed by atoms with Crippen molar-refractivity contribution in [1.29, 1.82) is 5.26 Å². The van der Waals surface area contributed by atoms with Crippen LogP contribution in [0.1, 0.15) is 5.56 Å². The monoisotopic (exact) mass is 840 g/mol. The van der Waals surface area contributed by atoms with Gasteiger partial charge in [-0.15, -0.1) is 0 Å². The normalized spacial score (nSPS) is 11.6. The Bertz CT molecular complexity index is 4140. The maximum atomic E-state index is 11.3. The van der Waals surface area contributed by atoms with Gasteiger partial charge in [0.15, 0.2) is 0 Å². The topological polar surface area (TPSA) is 46.2 Å². The SMILES string of the molecule is [C-]#[N+]c1cc(-n2c3ccc(N(c4ccccc4)c4ccccc4)cc3c3c4ccccc4ccc32)c(C#N)cc1-n1c2ccccc2c2ccc3c(c4ccccc4n3-c3ccccc3)c21. The third-order valence-corrected chi connectivity index (χ3v) is 13.2. The van der Waals surface area contributed by atoms with Crippen LogP contribution in [0.4, 0.5) is 22.7 Å². The first-order valence-electron chi connectivity index (χ1n) is 22.0. The van der Waals surface area contributed by atoms with Crippen molar-refractivity contribution in [3.63, 3.8) is 0 Å². The van der Waals surface area contributed by atoms with Crippen molar-refractivity contribution in [2.24, 2.45) is 0 Å². The zero-order valence-electron chi connectivity index (χ0n) is 35.5. The van der Waals surface area contributed by atoms with E-state index in [1.54, 1.807) is 0 Å². The largest absolute Gasteiger partial charge is 0.318 e. The maximum Gasteiger partial charge on any atom is 0.212 e. The molecule has 13 aromatic rings. The fraction of sp³-hybridized carbons (Fsp3) is 0. The Morgan fingerprint density at radius 2 is 0.985 bits per heavy atom. The number of aromatic nitrogens is 3. The zero-order chi connectivity index (χ0) is 43.9. The predicted molar refractivity (Wildman–Crippen MR) is 273 cm³/mol. The molecule has 0 aliphatic rings. The molecule has 0 fully saturated rings. The average Bonchev–Trinajstić information content (AvgIpc) is 4.02. The van der Waals surface area contributed by atoms with Gasteiger partial charge < -0.3 is 18.6 Å². The molecule has 13 rings (SSSR count). The van der Waals surface area contributed by atoms with E-state index in [-0.39, 0.29) is 0 Å². The van der Waals surface area contributed by atoms with E-state index in [9.17, 15) is 5.26 Å². The lowest BCUT2D eigenvalue weighted by molar-refractivity contribution is 1.14. The maximum absolute atomic E-state index is 11.3. The van der Waals surface area contributed by atoms with E-state index in [2.05, 4.69) is 212 Å². The molecule has 0 saturated heterocycles. The van der Waals surface area contributed by atoms with Gasteiger partial charge in [0.2, 0.25) is 5.69 Å². The molecular formula is C60H36N6. The minimum atomic E-state index is 0.446. The highest BCUT2D eigenvalue weighted by molar-refractivity contribution is 6.26. The van der Waals surface area contributed by atoms with E-state index in [1.807, 2.05) is 36.4 Å². The highest BCUT2D eigenvalue weighted by Gasteiger charge is 2.25. The quantitative estimate of drug-likeness (QED) is 0.157. The van der Waals surface area contributed by atoms with Crippen molar-refractivity contribution >= 4 is 98.9 Å². The lowest BCUT2D eigenvalue weighted by Crippen LogP contribution is -2.09. The summed E-state index contributed by atoms with van der Waals surface area (Å²) in [4.78, 5) is 6.57. The Hall–Kier alpha value is -9.36. The Morgan fingerprint density at radius 1 is 0.409 bits per heavy atom. The van der Waals surface area contributed by atoms with E-state index in [1.165, 1.54) is 0 Å². The summed E-state index contributed by atoms with van der Waals surface area (Å²) < 4.78 is 6.73. The van der Waals surface area contributed by atoms with Crippen LogP contribution in [0.25, 0.3) is 98.1 Å². The summed E-state index contributed by atoms with van der Waals surface area (Å²) in [5, 5.41) is 20.0. The lowest BCUT2D eigenvalue weighted by Gasteiger charge is -2.25. The van der Waals surface area contributed by atoms with Gasteiger partial charge in [-0.05, 0) is 102 Å². The van der Waals surface area contributed by atoms with E-state index in [4.69, 9.17) is 6.57 Å². The minimum absolute atomic E-state index is 0.446. The van der Waals surface area contributed by atoms with Crippen molar-refractivity contribution in [2.75, 3.05) is 4.90 Å². The first kappa shape index (κ1) is 37.2. The molecule has 0 spiro atoms. The van der Waals surface area contributed by atoms with Crippen molar-refractivity contribution in [3.05, 3.63) is 235 Å². The van der Waals surface area contributed by atoms with Crippen molar-refractivity contribution in [3.8, 4) is 23.1 Å². The lowest BCUT2D eigenvalue weighted by atomic mass is 10.0. The van der Waals surface area contributed by atoms with Gasteiger partial charge >= 0.3 is 0 Å². The zero-order valence-corrected chi connectivity index (χ0v) is 35.5. The fourth-order valence-corrected chi connectivity index (χ4v) is 10.5. The number of rotatable bonds is 6. The summed E-state index contributed by atoms with van der Waals surface area (Å²) in [6.07, 6.45) is 0. The molecule has 6 heteroatoms. The van der Waals surface area contributed by atoms with E-state index in [0.717, 1.165) is 98.9 Å². The summed E-state index contributed by atoms with van der Waals surface area (Å²) in [5.74, 6) is 0. The first-order valence-corrected chi connectivity index (χ1v) is 22.0. The number of benzene rings is 10. The molecule has 0 atom stereocenters. The Labute approximate surface area is 379 Å². The molecule has 66 heavy (non-hydrogen) atoms. The molecule has 0 saturated carbocycles.